The summed E-state index contributed by atoms with van der Waals surface area (Å²) in [5, 5.41) is 5.45. The van der Waals surface area contributed by atoms with Gasteiger partial charge in [-0.3, -0.25) is 9.59 Å². The number of hydrogen-bond acceptors (Lipinski definition) is 3. The first-order valence-electron chi connectivity index (χ1n) is 6.07. The van der Waals surface area contributed by atoms with Gasteiger partial charge in [0.1, 0.15) is 6.54 Å². The van der Waals surface area contributed by atoms with E-state index in [9.17, 15) is 9.59 Å². The van der Waals surface area contributed by atoms with Gasteiger partial charge in [-0.05, 0) is 36.3 Å². The number of rotatable bonds is 4. The van der Waals surface area contributed by atoms with Gasteiger partial charge in [-0.1, -0.05) is 0 Å². The van der Waals surface area contributed by atoms with Crippen LogP contribution >= 0.6 is 11.3 Å². The Morgan fingerprint density at radius 3 is 3.06 bits per heavy atom. The molecule has 5 heteroatoms. The summed E-state index contributed by atoms with van der Waals surface area (Å²) < 4.78 is 2.44. The molecule has 0 aromatic carbocycles. The predicted molar refractivity (Wildman–Crippen MR) is 71.8 cm³/mol. The summed E-state index contributed by atoms with van der Waals surface area (Å²) in [5.41, 5.74) is -0.0877. The highest BCUT2D eigenvalue weighted by atomic mass is 32.1. The van der Waals surface area contributed by atoms with Gasteiger partial charge in [0.05, 0.1) is 5.39 Å². The first kappa shape index (κ1) is 11.5. The van der Waals surface area contributed by atoms with Crippen molar-refractivity contribution in [3.63, 3.8) is 0 Å². The van der Waals surface area contributed by atoms with E-state index in [0.717, 1.165) is 11.2 Å². The van der Waals surface area contributed by atoms with Crippen molar-refractivity contribution in [3.05, 3.63) is 34.1 Å². The second-order valence-electron chi connectivity index (χ2n) is 4.69. The number of fused-ring (bicyclic) bond motifs is 1. The number of carbonyl (C=O) groups is 1. The van der Waals surface area contributed by atoms with Crippen LogP contribution in [0.5, 0.6) is 0 Å². The first-order chi connectivity index (χ1) is 8.74. The van der Waals surface area contributed by atoms with Crippen molar-refractivity contribution in [1.29, 1.82) is 0 Å². The maximum Gasteiger partial charge on any atom is 0.259 e. The minimum atomic E-state index is -0.0877. The van der Waals surface area contributed by atoms with Crippen LogP contribution in [0.4, 0.5) is 0 Å². The molecule has 0 unspecified atom stereocenters. The van der Waals surface area contributed by atoms with E-state index in [2.05, 4.69) is 5.32 Å². The molecule has 0 aliphatic heterocycles. The summed E-state index contributed by atoms with van der Waals surface area (Å²) in [6, 6.07) is 3.69. The van der Waals surface area contributed by atoms with Crippen LogP contribution in [0.3, 0.4) is 0 Å². The van der Waals surface area contributed by atoms with E-state index in [0.29, 0.717) is 11.3 Å². The van der Waals surface area contributed by atoms with Crippen LogP contribution in [0.15, 0.2) is 28.5 Å². The molecule has 0 radical (unpaired) electrons. The summed E-state index contributed by atoms with van der Waals surface area (Å²) in [6.07, 6.45) is 4.11. The summed E-state index contributed by atoms with van der Waals surface area (Å²) >= 11 is 1.54. The Morgan fingerprint density at radius 1 is 1.44 bits per heavy atom. The molecule has 1 amide bonds. The molecule has 1 N–H and O–H groups in total. The molecule has 2 heterocycles. The third kappa shape index (κ3) is 2.31. The molecular weight excluding hydrogens is 248 g/mol. The maximum absolute atomic E-state index is 12.1. The average molecular weight is 262 g/mol. The van der Waals surface area contributed by atoms with E-state index in [1.165, 1.54) is 28.7 Å². The Balaban J connectivity index is 1.74. The Kier molecular flexibility index (Phi) is 2.91. The van der Waals surface area contributed by atoms with Crippen molar-refractivity contribution in [2.75, 3.05) is 6.54 Å². The fraction of sp³-hybridized carbons (Fsp3) is 0.385. The Bertz CT molecular complexity index is 640. The zero-order valence-electron chi connectivity index (χ0n) is 9.89. The number of thiophene rings is 1. The lowest BCUT2D eigenvalue weighted by atomic mass is 10.3. The maximum atomic E-state index is 12.1. The normalized spacial score (nSPS) is 14.9. The highest BCUT2D eigenvalue weighted by Gasteiger charge is 2.21. The van der Waals surface area contributed by atoms with Gasteiger partial charge >= 0.3 is 0 Å². The summed E-state index contributed by atoms with van der Waals surface area (Å²) in [6.45, 7) is 0.853. The molecule has 3 rings (SSSR count). The summed E-state index contributed by atoms with van der Waals surface area (Å²) in [5.74, 6) is 0.573. The molecular formula is C13H14N2O2S. The van der Waals surface area contributed by atoms with Crippen LogP contribution in [0.25, 0.3) is 10.1 Å². The zero-order chi connectivity index (χ0) is 12.5. The van der Waals surface area contributed by atoms with Crippen LogP contribution in [-0.4, -0.2) is 17.0 Å². The van der Waals surface area contributed by atoms with Gasteiger partial charge in [0, 0.05) is 17.4 Å². The van der Waals surface area contributed by atoms with Gasteiger partial charge in [0.25, 0.3) is 5.56 Å². The second-order valence-corrected chi connectivity index (χ2v) is 5.64. The Labute approximate surface area is 108 Å². The van der Waals surface area contributed by atoms with Gasteiger partial charge in [-0.25, -0.2) is 0 Å². The number of aromatic nitrogens is 1. The van der Waals surface area contributed by atoms with E-state index >= 15 is 0 Å². The molecule has 0 atom stereocenters. The van der Waals surface area contributed by atoms with E-state index in [1.807, 2.05) is 11.4 Å². The van der Waals surface area contributed by atoms with E-state index in [4.69, 9.17) is 0 Å². The van der Waals surface area contributed by atoms with Gasteiger partial charge in [0.15, 0.2) is 0 Å². The topological polar surface area (TPSA) is 51.1 Å². The number of nitrogens with one attached hydrogen (secondary N) is 1. The Hall–Kier alpha value is -1.62. The van der Waals surface area contributed by atoms with Gasteiger partial charge in [0.2, 0.25) is 5.91 Å². The van der Waals surface area contributed by atoms with Crippen molar-refractivity contribution >= 4 is 27.3 Å². The monoisotopic (exact) mass is 262 g/mol. The molecule has 1 fully saturated rings. The molecule has 94 valence electrons. The molecule has 0 bridgehead atoms. The van der Waals surface area contributed by atoms with Crippen LogP contribution < -0.4 is 10.9 Å². The number of hydrogen-bond donors (Lipinski definition) is 1. The minimum Gasteiger partial charge on any atom is -0.354 e. The van der Waals surface area contributed by atoms with Gasteiger partial charge in [-0.15, -0.1) is 11.3 Å². The molecule has 18 heavy (non-hydrogen) atoms. The summed E-state index contributed by atoms with van der Waals surface area (Å²) in [4.78, 5) is 23.8. The van der Waals surface area contributed by atoms with Gasteiger partial charge < -0.3 is 9.88 Å². The summed E-state index contributed by atoms with van der Waals surface area (Å²) in [7, 11) is 0. The van der Waals surface area contributed by atoms with Crippen molar-refractivity contribution in [2.45, 2.75) is 19.4 Å². The number of carbonyl (C=O) groups excluding carboxylic acids is 1. The average Bonchev–Trinajstić information content (AvgIpc) is 3.06. The third-order valence-electron chi connectivity index (χ3n) is 3.19. The first-order valence-corrected chi connectivity index (χ1v) is 6.95. The van der Waals surface area contributed by atoms with Crippen molar-refractivity contribution in [3.8, 4) is 0 Å². The van der Waals surface area contributed by atoms with Crippen LogP contribution in [0.1, 0.15) is 12.8 Å². The van der Waals surface area contributed by atoms with Crippen molar-refractivity contribution < 1.29 is 4.79 Å². The SMILES string of the molecule is O=C(Cn1ccc2sccc2c1=O)NCC1CC1. The highest BCUT2D eigenvalue weighted by Crippen LogP contribution is 2.27. The van der Waals surface area contributed by atoms with Crippen molar-refractivity contribution in [1.82, 2.24) is 9.88 Å². The van der Waals surface area contributed by atoms with E-state index in [1.54, 1.807) is 12.3 Å². The number of pyridine rings is 1. The quantitative estimate of drug-likeness (QED) is 0.909. The van der Waals surface area contributed by atoms with E-state index < -0.39 is 0 Å². The molecule has 1 aliphatic rings. The highest BCUT2D eigenvalue weighted by molar-refractivity contribution is 7.17. The van der Waals surface area contributed by atoms with Crippen molar-refractivity contribution in [2.24, 2.45) is 5.92 Å². The molecule has 2 aromatic rings. The zero-order valence-corrected chi connectivity index (χ0v) is 10.7. The molecule has 4 nitrogen and oxygen atoms in total. The molecule has 0 spiro atoms. The lowest BCUT2D eigenvalue weighted by molar-refractivity contribution is -0.121. The fourth-order valence-corrected chi connectivity index (χ4v) is 2.69. The standard InChI is InChI=1S/C13H14N2O2S/c16-12(14-7-9-1-2-9)8-15-5-3-11-10(13(15)17)4-6-18-11/h3-6,9H,1-2,7-8H2,(H,14,16). The molecule has 1 saturated carbocycles. The van der Waals surface area contributed by atoms with Gasteiger partial charge in [-0.2, -0.15) is 0 Å². The third-order valence-corrected chi connectivity index (χ3v) is 4.07. The molecule has 1 aliphatic carbocycles. The second kappa shape index (κ2) is 4.57. The lowest BCUT2D eigenvalue weighted by Gasteiger charge is -2.06. The molecule has 0 saturated heterocycles. The van der Waals surface area contributed by atoms with Crippen LogP contribution in [0.2, 0.25) is 0 Å². The number of amides is 1. The predicted octanol–water partition coefficient (Wildman–Crippen LogP) is 1.59. The Morgan fingerprint density at radius 2 is 2.28 bits per heavy atom. The smallest absolute Gasteiger partial charge is 0.259 e. The molecule has 2 aromatic heterocycles. The fourth-order valence-electron chi connectivity index (χ4n) is 1.92. The largest absolute Gasteiger partial charge is 0.354 e. The lowest BCUT2D eigenvalue weighted by Crippen LogP contribution is -2.33. The minimum absolute atomic E-state index is 0.0846. The van der Waals surface area contributed by atoms with Crippen LogP contribution in [0, 0.1) is 5.92 Å². The van der Waals surface area contributed by atoms with Crippen LogP contribution in [-0.2, 0) is 11.3 Å². The number of nitrogens with zero attached hydrogens (tertiary/aromatic N) is 1. The van der Waals surface area contributed by atoms with E-state index in [-0.39, 0.29) is 18.0 Å².